The number of amides is 3. The highest BCUT2D eigenvalue weighted by Gasteiger charge is 2.30. The van der Waals surface area contributed by atoms with E-state index in [9.17, 15) is 32.7 Å². The predicted molar refractivity (Wildman–Crippen MR) is 194 cm³/mol. The van der Waals surface area contributed by atoms with Crippen LogP contribution in [0.3, 0.4) is 0 Å². The van der Waals surface area contributed by atoms with Gasteiger partial charge in [-0.05, 0) is 86.7 Å². The van der Waals surface area contributed by atoms with Gasteiger partial charge in [-0.15, -0.1) is 0 Å². The number of fused-ring (bicyclic) bond motifs is 2. The van der Waals surface area contributed by atoms with E-state index in [0.717, 1.165) is 42.2 Å². The summed E-state index contributed by atoms with van der Waals surface area (Å²) in [6.07, 6.45) is 2.98. The van der Waals surface area contributed by atoms with Crippen LogP contribution in [-0.4, -0.2) is 69.8 Å². The maximum Gasteiger partial charge on any atom is 0.408 e. The number of carboxylic acid groups (broad SMARTS) is 1. The van der Waals surface area contributed by atoms with Gasteiger partial charge in [-0.1, -0.05) is 31.0 Å². The summed E-state index contributed by atoms with van der Waals surface area (Å²) in [4.78, 5) is 45.1. The van der Waals surface area contributed by atoms with Crippen LogP contribution in [0.2, 0.25) is 0 Å². The topological polar surface area (TPSA) is 138 Å². The highest BCUT2D eigenvalue weighted by atomic mass is 19.4. The van der Waals surface area contributed by atoms with Crippen molar-refractivity contribution in [2.24, 2.45) is 0 Å². The smallest absolute Gasteiger partial charge is 0.408 e. The number of aromatic nitrogens is 5. The first-order valence-electron chi connectivity index (χ1n) is 17.4. The molecule has 2 N–H and O–H groups in total. The third kappa shape index (κ3) is 9.02. The molecule has 0 saturated heterocycles. The fourth-order valence-corrected chi connectivity index (χ4v) is 6.43. The van der Waals surface area contributed by atoms with Crippen molar-refractivity contribution >= 4 is 28.7 Å². The normalized spacial score (nSPS) is 13.0. The number of hydrogen-bond acceptors (Lipinski definition) is 6. The highest BCUT2D eigenvalue weighted by molar-refractivity contribution is 5.90. The van der Waals surface area contributed by atoms with Crippen LogP contribution in [0.1, 0.15) is 57.6 Å². The number of carbonyl (C=O) groups is 2. The Morgan fingerprint density at radius 1 is 0.906 bits per heavy atom. The minimum absolute atomic E-state index is 0.0556. The van der Waals surface area contributed by atoms with Gasteiger partial charge in [0.2, 0.25) is 0 Å². The van der Waals surface area contributed by atoms with Crippen molar-refractivity contribution in [3.05, 3.63) is 94.7 Å². The quantitative estimate of drug-likeness (QED) is 0.132. The van der Waals surface area contributed by atoms with Crippen molar-refractivity contribution in [2.45, 2.75) is 84.3 Å². The minimum Gasteiger partial charge on any atom is -0.465 e. The number of carbonyl (C=O) groups excluding carboxylic acids is 1. The van der Waals surface area contributed by atoms with Gasteiger partial charge in [0, 0.05) is 66.9 Å². The van der Waals surface area contributed by atoms with Crippen molar-refractivity contribution in [1.29, 1.82) is 0 Å². The third-order valence-electron chi connectivity index (χ3n) is 9.17. The van der Waals surface area contributed by atoms with Crippen LogP contribution in [0.4, 0.5) is 28.4 Å². The Labute approximate surface area is 303 Å². The van der Waals surface area contributed by atoms with E-state index in [-0.39, 0.29) is 17.3 Å². The summed E-state index contributed by atoms with van der Waals surface area (Å²) >= 11 is 0. The van der Waals surface area contributed by atoms with Gasteiger partial charge in [0.15, 0.2) is 0 Å². The monoisotopic (exact) mass is 730 g/mol. The lowest BCUT2D eigenvalue weighted by Crippen LogP contribution is -2.45. The Bertz CT molecular complexity index is 2150. The van der Waals surface area contributed by atoms with Crippen LogP contribution >= 0.6 is 0 Å². The van der Waals surface area contributed by atoms with Crippen molar-refractivity contribution in [1.82, 2.24) is 34.3 Å². The zero-order valence-electron chi connectivity index (χ0n) is 29.7. The Hall–Kier alpha value is -5.73. The molecule has 6 rings (SSSR count). The summed E-state index contributed by atoms with van der Waals surface area (Å²) in [6.45, 7) is 6.04. The van der Waals surface area contributed by atoms with E-state index in [1.165, 1.54) is 11.0 Å². The van der Waals surface area contributed by atoms with Gasteiger partial charge in [0.25, 0.3) is 5.56 Å². The molecule has 278 valence electrons. The number of rotatable bonds is 11. The summed E-state index contributed by atoms with van der Waals surface area (Å²) in [5, 5.41) is 21.7. The molecule has 0 spiro atoms. The van der Waals surface area contributed by atoms with E-state index in [2.05, 4.69) is 20.5 Å². The molecular formula is C38H41F3N8O4. The number of benzene rings is 2. The first-order chi connectivity index (χ1) is 25.1. The second-order valence-electron chi connectivity index (χ2n) is 14.2. The fraction of sp³-hybridized carbons (Fsp3) is 0.368. The number of nitrogens with one attached hydrogen (secondary N) is 1. The van der Waals surface area contributed by atoms with Gasteiger partial charge in [-0.25, -0.2) is 14.3 Å². The molecule has 12 nitrogen and oxygen atoms in total. The number of anilines is 1. The summed E-state index contributed by atoms with van der Waals surface area (Å²) in [7, 11) is 0. The van der Waals surface area contributed by atoms with Gasteiger partial charge in [0.05, 0.1) is 16.8 Å². The second-order valence-corrected chi connectivity index (χ2v) is 14.2. The van der Waals surface area contributed by atoms with E-state index >= 15 is 0 Å². The van der Waals surface area contributed by atoms with Gasteiger partial charge in [-0.3, -0.25) is 14.5 Å². The first-order valence-corrected chi connectivity index (χ1v) is 17.4. The maximum absolute atomic E-state index is 13.6. The van der Waals surface area contributed by atoms with Gasteiger partial charge >= 0.3 is 18.3 Å². The summed E-state index contributed by atoms with van der Waals surface area (Å²) in [6, 6.07) is 14.7. The summed E-state index contributed by atoms with van der Waals surface area (Å²) in [5.41, 5.74) is 2.93. The number of aryl methyl sites for hydroxylation is 1. The van der Waals surface area contributed by atoms with Gasteiger partial charge in [0.1, 0.15) is 6.54 Å². The molecule has 0 unspecified atom stereocenters. The SMILES string of the molecule is CC(C)(C)N(CCCCCCn1cc2cc(-c3cc(-c4ccc(NC(=O)N5Cc6ccncc6C5)cc4)nn(CC(F)(F)F)c3=O)ccc2n1)C(=O)O. The second kappa shape index (κ2) is 15.1. The molecule has 3 aromatic heterocycles. The molecule has 1 aliphatic rings. The Morgan fingerprint density at radius 2 is 1.62 bits per heavy atom. The van der Waals surface area contributed by atoms with Crippen molar-refractivity contribution in [3.63, 3.8) is 0 Å². The molecule has 5 aromatic rings. The number of alkyl halides is 3. The lowest BCUT2D eigenvalue weighted by molar-refractivity contribution is -0.143. The zero-order chi connectivity index (χ0) is 37.9. The van der Waals surface area contributed by atoms with Crippen LogP contribution < -0.4 is 10.9 Å². The van der Waals surface area contributed by atoms with Crippen LogP contribution in [0.25, 0.3) is 33.3 Å². The largest absolute Gasteiger partial charge is 0.465 e. The molecule has 4 heterocycles. The molecule has 0 atom stereocenters. The molecule has 0 bridgehead atoms. The van der Waals surface area contributed by atoms with Crippen LogP contribution in [0.5, 0.6) is 0 Å². The Kier molecular flexibility index (Phi) is 10.5. The van der Waals surface area contributed by atoms with Gasteiger partial charge < -0.3 is 20.2 Å². The van der Waals surface area contributed by atoms with E-state index in [1.54, 1.807) is 64.4 Å². The lowest BCUT2D eigenvalue weighted by atomic mass is 10.0. The predicted octanol–water partition coefficient (Wildman–Crippen LogP) is 7.77. The van der Waals surface area contributed by atoms with Crippen LogP contribution in [0, 0.1) is 0 Å². The number of nitrogens with zero attached hydrogens (tertiary/aromatic N) is 7. The van der Waals surface area contributed by atoms with E-state index in [0.29, 0.717) is 53.2 Å². The molecule has 53 heavy (non-hydrogen) atoms. The molecule has 0 radical (unpaired) electrons. The minimum atomic E-state index is -4.68. The van der Waals surface area contributed by atoms with E-state index < -0.39 is 29.9 Å². The maximum atomic E-state index is 13.6. The summed E-state index contributed by atoms with van der Waals surface area (Å²) < 4.78 is 43.0. The first kappa shape index (κ1) is 37.0. The molecule has 2 aromatic carbocycles. The average Bonchev–Trinajstić information content (AvgIpc) is 3.72. The van der Waals surface area contributed by atoms with Gasteiger partial charge in [-0.2, -0.15) is 23.4 Å². The van der Waals surface area contributed by atoms with Crippen molar-refractivity contribution in [2.75, 3.05) is 11.9 Å². The van der Waals surface area contributed by atoms with E-state index in [4.69, 9.17) is 0 Å². The van der Waals surface area contributed by atoms with Crippen LogP contribution in [0.15, 0.2) is 78.0 Å². The number of halogens is 3. The standard InChI is InChI=1S/C38H41F3N8O4/c1-37(2,3)48(36(52)53)17-7-5-4-6-16-47-23-28-18-26(10-13-32(28)44-47)31-19-33(45-49(34(31)50)24-38(39,40)41)25-8-11-30(12-9-25)43-35(51)46-21-27-14-15-42-20-29(27)22-46/h8-15,18-20,23H,4-7,16-17,21-22,24H2,1-3H3,(H,43,51)(H,52,53). The number of unbranched alkanes of at least 4 members (excludes halogenated alkanes) is 3. The van der Waals surface area contributed by atoms with Crippen molar-refractivity contribution in [3.8, 4) is 22.4 Å². The van der Waals surface area contributed by atoms with Crippen molar-refractivity contribution < 1.29 is 27.9 Å². The molecule has 0 fully saturated rings. The molecule has 3 amide bonds. The Balaban J connectivity index is 1.15. The van der Waals surface area contributed by atoms with E-state index in [1.807, 2.05) is 33.0 Å². The Morgan fingerprint density at radius 3 is 2.32 bits per heavy atom. The highest BCUT2D eigenvalue weighted by Crippen LogP contribution is 2.28. The average molecular weight is 731 g/mol. The molecular weight excluding hydrogens is 689 g/mol. The molecule has 0 saturated carbocycles. The number of pyridine rings is 1. The molecule has 1 aliphatic heterocycles. The number of hydrogen-bond donors (Lipinski definition) is 2. The van der Waals surface area contributed by atoms with Crippen LogP contribution in [-0.2, 0) is 26.2 Å². The molecule has 15 heteroatoms. The third-order valence-corrected chi connectivity index (χ3v) is 9.17. The number of urea groups is 1. The lowest BCUT2D eigenvalue weighted by Gasteiger charge is -2.33. The zero-order valence-corrected chi connectivity index (χ0v) is 29.7. The fourth-order valence-electron chi connectivity index (χ4n) is 6.43. The summed E-state index contributed by atoms with van der Waals surface area (Å²) in [5.74, 6) is 0. The molecule has 0 aliphatic carbocycles.